The Morgan fingerprint density at radius 1 is 0.812 bits per heavy atom. The fraction of sp³-hybridized carbons (Fsp3) is 0. The van der Waals surface area contributed by atoms with Crippen LogP contribution in [-0.2, 0) is 0 Å². The van der Waals surface area contributed by atoms with Gasteiger partial charge in [0.1, 0.15) is 19.3 Å². The maximum absolute atomic E-state index is 12.9. The highest BCUT2D eigenvalue weighted by atomic mass is 19.2. The Bertz CT molecular complexity index is 497. The van der Waals surface area contributed by atoms with Crippen LogP contribution in [0.1, 0.15) is 0 Å². The molecule has 0 fully saturated rings. The second-order valence-electron chi connectivity index (χ2n) is 3.25. The number of benzene rings is 2. The van der Waals surface area contributed by atoms with E-state index in [1.54, 1.807) is 24.3 Å². The van der Waals surface area contributed by atoms with Crippen LogP contribution in [0.4, 0.5) is 8.78 Å². The average Bonchev–Trinajstić information content (AvgIpc) is 2.27. The molecule has 0 bridgehead atoms. The Balaban J connectivity index is 2.20. The van der Waals surface area contributed by atoms with E-state index in [1.165, 1.54) is 6.07 Å². The van der Waals surface area contributed by atoms with Crippen molar-refractivity contribution < 1.29 is 13.5 Å². The molecule has 78 valence electrons. The second-order valence-corrected chi connectivity index (χ2v) is 3.25. The van der Waals surface area contributed by atoms with Crippen LogP contribution in [0.15, 0.2) is 42.5 Å². The minimum atomic E-state index is -0.937. The Morgan fingerprint density at radius 3 is 2.06 bits per heavy atom. The Labute approximate surface area is 93.1 Å². The number of hydrogen-bond donors (Lipinski definition) is 0. The van der Waals surface area contributed by atoms with Crippen LogP contribution in [-0.4, -0.2) is 7.85 Å². The standard InChI is InChI=1S/C12H7BF2O/c13-8-1-3-9(4-2-8)16-10-5-6-11(14)12(15)7-10/h1-7H. The maximum Gasteiger partial charge on any atom is 0.162 e. The first kappa shape index (κ1) is 10.7. The third-order valence-electron chi connectivity index (χ3n) is 2.01. The van der Waals surface area contributed by atoms with Crippen molar-refractivity contribution in [1.82, 2.24) is 0 Å². The van der Waals surface area contributed by atoms with Gasteiger partial charge >= 0.3 is 0 Å². The van der Waals surface area contributed by atoms with Gasteiger partial charge in [0.05, 0.1) is 0 Å². The lowest BCUT2D eigenvalue weighted by molar-refractivity contribution is 0.461. The molecule has 0 heterocycles. The van der Waals surface area contributed by atoms with Gasteiger partial charge in [-0.3, -0.25) is 0 Å². The zero-order valence-electron chi connectivity index (χ0n) is 8.28. The van der Waals surface area contributed by atoms with Gasteiger partial charge in [-0.1, -0.05) is 17.6 Å². The highest BCUT2D eigenvalue weighted by molar-refractivity contribution is 6.32. The summed E-state index contributed by atoms with van der Waals surface area (Å²) in [5.74, 6) is -1.08. The van der Waals surface area contributed by atoms with Crippen LogP contribution in [0, 0.1) is 11.6 Å². The highest BCUT2D eigenvalue weighted by Crippen LogP contribution is 2.22. The summed E-state index contributed by atoms with van der Waals surface area (Å²) in [5, 5.41) is 0. The molecule has 0 N–H and O–H groups in total. The maximum atomic E-state index is 12.9. The molecule has 0 aliphatic heterocycles. The van der Waals surface area contributed by atoms with Crippen molar-refractivity contribution in [2.75, 3.05) is 0 Å². The third kappa shape index (κ3) is 2.39. The van der Waals surface area contributed by atoms with E-state index in [9.17, 15) is 8.78 Å². The first-order valence-corrected chi connectivity index (χ1v) is 4.63. The zero-order valence-corrected chi connectivity index (χ0v) is 8.28. The van der Waals surface area contributed by atoms with Gasteiger partial charge in [0, 0.05) is 6.07 Å². The Morgan fingerprint density at radius 2 is 1.44 bits per heavy atom. The number of rotatable bonds is 2. The number of hydrogen-bond acceptors (Lipinski definition) is 1. The topological polar surface area (TPSA) is 9.23 Å². The summed E-state index contributed by atoms with van der Waals surface area (Å²) < 4.78 is 30.8. The molecule has 0 saturated carbocycles. The van der Waals surface area contributed by atoms with Crippen molar-refractivity contribution in [1.29, 1.82) is 0 Å². The summed E-state index contributed by atoms with van der Waals surface area (Å²) in [6.45, 7) is 0. The fourth-order valence-electron chi connectivity index (χ4n) is 1.21. The van der Waals surface area contributed by atoms with Crippen molar-refractivity contribution in [2.24, 2.45) is 0 Å². The van der Waals surface area contributed by atoms with E-state index < -0.39 is 11.6 Å². The van der Waals surface area contributed by atoms with Gasteiger partial charge in [-0.15, -0.1) is 0 Å². The molecular weight excluding hydrogens is 209 g/mol. The molecule has 0 aromatic heterocycles. The average molecular weight is 216 g/mol. The first-order valence-electron chi connectivity index (χ1n) is 4.63. The van der Waals surface area contributed by atoms with E-state index in [-0.39, 0.29) is 5.75 Å². The van der Waals surface area contributed by atoms with E-state index in [1.807, 2.05) is 0 Å². The van der Waals surface area contributed by atoms with Gasteiger partial charge in [-0.2, -0.15) is 0 Å². The van der Waals surface area contributed by atoms with Crippen molar-refractivity contribution in [2.45, 2.75) is 0 Å². The van der Waals surface area contributed by atoms with E-state index in [4.69, 9.17) is 12.6 Å². The molecule has 0 unspecified atom stereocenters. The summed E-state index contributed by atoms with van der Waals surface area (Å²) in [6, 6.07) is 9.99. The van der Waals surface area contributed by atoms with E-state index in [2.05, 4.69) is 0 Å². The van der Waals surface area contributed by atoms with Crippen molar-refractivity contribution in [3.63, 3.8) is 0 Å². The van der Waals surface area contributed by atoms with Gasteiger partial charge in [0.15, 0.2) is 11.6 Å². The molecule has 2 aromatic rings. The molecule has 4 heteroatoms. The summed E-state index contributed by atoms with van der Waals surface area (Å²) in [5.41, 5.74) is 0.609. The van der Waals surface area contributed by atoms with E-state index >= 15 is 0 Å². The molecule has 0 saturated heterocycles. The van der Waals surface area contributed by atoms with Crippen LogP contribution in [0.2, 0.25) is 0 Å². The predicted octanol–water partition coefficient (Wildman–Crippen LogP) is 2.55. The normalized spacial score (nSPS) is 10.1. The van der Waals surface area contributed by atoms with Gasteiger partial charge in [0.2, 0.25) is 0 Å². The number of halogens is 2. The summed E-state index contributed by atoms with van der Waals surface area (Å²) >= 11 is 0. The Hall–Kier alpha value is -1.84. The summed E-state index contributed by atoms with van der Waals surface area (Å²) in [4.78, 5) is 0. The van der Waals surface area contributed by atoms with Gasteiger partial charge in [-0.25, -0.2) is 8.78 Å². The molecule has 0 amide bonds. The van der Waals surface area contributed by atoms with Crippen LogP contribution in [0.3, 0.4) is 0 Å². The molecule has 0 spiro atoms. The molecule has 1 nitrogen and oxygen atoms in total. The monoisotopic (exact) mass is 216 g/mol. The molecule has 2 radical (unpaired) electrons. The van der Waals surface area contributed by atoms with E-state index in [0.717, 1.165) is 12.1 Å². The smallest absolute Gasteiger partial charge is 0.162 e. The van der Waals surface area contributed by atoms with Crippen LogP contribution in [0.25, 0.3) is 0 Å². The zero-order chi connectivity index (χ0) is 11.5. The number of ether oxygens (including phenoxy) is 1. The van der Waals surface area contributed by atoms with Gasteiger partial charge in [-0.05, 0) is 24.3 Å². The summed E-state index contributed by atoms with van der Waals surface area (Å²) in [6.07, 6.45) is 0. The molecule has 2 rings (SSSR count). The highest BCUT2D eigenvalue weighted by Gasteiger charge is 2.03. The first-order chi connectivity index (χ1) is 7.65. The Kier molecular flexibility index (Phi) is 2.90. The van der Waals surface area contributed by atoms with Gasteiger partial charge in [0.25, 0.3) is 0 Å². The largest absolute Gasteiger partial charge is 0.457 e. The lowest BCUT2D eigenvalue weighted by Crippen LogP contribution is -1.99. The second kappa shape index (κ2) is 4.35. The molecule has 2 aromatic carbocycles. The van der Waals surface area contributed by atoms with Crippen molar-refractivity contribution >= 4 is 13.3 Å². The third-order valence-corrected chi connectivity index (χ3v) is 2.01. The van der Waals surface area contributed by atoms with Crippen LogP contribution in [0.5, 0.6) is 11.5 Å². The quantitative estimate of drug-likeness (QED) is 0.701. The molecule has 0 aliphatic rings. The minimum Gasteiger partial charge on any atom is -0.457 e. The molecular formula is C12H7BF2O. The summed E-state index contributed by atoms with van der Waals surface area (Å²) in [7, 11) is 5.50. The predicted molar refractivity (Wildman–Crippen MR) is 58.3 cm³/mol. The fourth-order valence-corrected chi connectivity index (χ4v) is 1.21. The van der Waals surface area contributed by atoms with Gasteiger partial charge < -0.3 is 4.74 Å². The molecule has 16 heavy (non-hydrogen) atoms. The van der Waals surface area contributed by atoms with Crippen molar-refractivity contribution in [3.05, 3.63) is 54.1 Å². The lowest BCUT2D eigenvalue weighted by Gasteiger charge is -2.06. The van der Waals surface area contributed by atoms with Crippen molar-refractivity contribution in [3.8, 4) is 11.5 Å². The lowest BCUT2D eigenvalue weighted by atomic mass is 9.97. The van der Waals surface area contributed by atoms with Crippen LogP contribution < -0.4 is 10.2 Å². The van der Waals surface area contributed by atoms with Crippen LogP contribution >= 0.6 is 0 Å². The molecule has 0 atom stereocenters. The SMILES string of the molecule is [B]c1ccc(Oc2ccc(F)c(F)c2)cc1. The van der Waals surface area contributed by atoms with E-state index in [0.29, 0.717) is 11.2 Å². The minimum absolute atomic E-state index is 0.240. The molecule has 0 aliphatic carbocycles.